The van der Waals surface area contributed by atoms with Crippen molar-refractivity contribution in [1.82, 2.24) is 24.3 Å². The molecule has 0 aliphatic heterocycles. The second kappa shape index (κ2) is 11.4. The molecule has 2 amide bonds. The molecule has 10 nitrogen and oxygen atoms in total. The number of nitrogens with one attached hydrogen (secondary N) is 3. The Morgan fingerprint density at radius 3 is 2.36 bits per heavy atom. The molecule has 0 aliphatic carbocycles. The van der Waals surface area contributed by atoms with Gasteiger partial charge in [-0.2, -0.15) is 10.1 Å². The first-order chi connectivity index (χ1) is 20.0. The number of halogens is 2. The highest BCUT2D eigenvalue weighted by Crippen LogP contribution is 2.27. The number of anilines is 3. The lowest BCUT2D eigenvalue weighted by Gasteiger charge is -2.16. The summed E-state index contributed by atoms with van der Waals surface area (Å²) in [6, 6.07) is 12.1. The number of nitrogens with zero attached hydrogens (tertiary/aromatic N) is 5. The SMILES string of the molecule is CNc1ncc2cc(-c3ccc(F)c(NC(=O)Nc4cc(C(C)C)nn4-c4ccc(F)cc4)c3)c(=O)n(C(C)C)c2n1. The van der Waals surface area contributed by atoms with Gasteiger partial charge in [-0.3, -0.25) is 14.7 Å². The smallest absolute Gasteiger partial charge is 0.324 e. The molecule has 3 N–H and O–H groups in total. The van der Waals surface area contributed by atoms with Crippen LogP contribution >= 0.6 is 0 Å². The van der Waals surface area contributed by atoms with E-state index in [1.165, 1.54) is 47.1 Å². The van der Waals surface area contributed by atoms with E-state index in [-0.39, 0.29) is 23.2 Å². The van der Waals surface area contributed by atoms with Gasteiger partial charge in [0.1, 0.15) is 23.1 Å². The Morgan fingerprint density at radius 2 is 1.69 bits per heavy atom. The number of hydrogen-bond donors (Lipinski definition) is 3. The molecule has 3 aromatic heterocycles. The van der Waals surface area contributed by atoms with Gasteiger partial charge in [0.2, 0.25) is 5.95 Å². The van der Waals surface area contributed by atoms with Crippen LogP contribution in [0.4, 0.5) is 31.0 Å². The minimum Gasteiger partial charge on any atom is -0.357 e. The molecule has 3 heterocycles. The molecule has 5 rings (SSSR count). The summed E-state index contributed by atoms with van der Waals surface area (Å²) in [5.41, 5.74) is 1.97. The summed E-state index contributed by atoms with van der Waals surface area (Å²) in [6.07, 6.45) is 1.61. The second-order valence-electron chi connectivity index (χ2n) is 10.3. The Kier molecular flexibility index (Phi) is 7.70. The number of fused-ring (bicyclic) bond motifs is 1. The largest absolute Gasteiger partial charge is 0.357 e. The van der Waals surface area contributed by atoms with Gasteiger partial charge in [0, 0.05) is 36.3 Å². The molecule has 2 aromatic carbocycles. The second-order valence-corrected chi connectivity index (χ2v) is 10.3. The first kappa shape index (κ1) is 28.4. The molecule has 0 radical (unpaired) electrons. The van der Waals surface area contributed by atoms with Crippen molar-refractivity contribution in [1.29, 1.82) is 0 Å². The maximum atomic E-state index is 14.9. The molecule has 42 heavy (non-hydrogen) atoms. The number of rotatable bonds is 7. The fraction of sp³-hybridized carbons (Fsp3) is 0.233. The van der Waals surface area contributed by atoms with Gasteiger partial charge >= 0.3 is 6.03 Å². The molecule has 0 atom stereocenters. The van der Waals surface area contributed by atoms with Gasteiger partial charge in [0.25, 0.3) is 5.56 Å². The van der Waals surface area contributed by atoms with E-state index in [4.69, 9.17) is 0 Å². The van der Waals surface area contributed by atoms with Crippen LogP contribution in [0.1, 0.15) is 45.3 Å². The summed E-state index contributed by atoms with van der Waals surface area (Å²) >= 11 is 0. The van der Waals surface area contributed by atoms with Crippen LogP contribution in [0.15, 0.2) is 65.6 Å². The Hall–Kier alpha value is -5.13. The molecular weight excluding hydrogens is 542 g/mol. The number of pyridine rings is 1. The highest BCUT2D eigenvalue weighted by atomic mass is 19.1. The molecule has 0 saturated carbocycles. The number of hydrogen-bond acceptors (Lipinski definition) is 6. The normalized spacial score (nSPS) is 11.4. The van der Waals surface area contributed by atoms with Gasteiger partial charge in [-0.15, -0.1) is 0 Å². The Balaban J connectivity index is 1.48. The molecule has 5 aromatic rings. The van der Waals surface area contributed by atoms with E-state index in [0.29, 0.717) is 45.3 Å². The molecule has 0 unspecified atom stereocenters. The van der Waals surface area contributed by atoms with Crippen LogP contribution in [-0.4, -0.2) is 37.4 Å². The van der Waals surface area contributed by atoms with Crippen LogP contribution in [0.2, 0.25) is 0 Å². The lowest BCUT2D eigenvalue weighted by molar-refractivity contribution is 0.262. The van der Waals surface area contributed by atoms with E-state index in [2.05, 4.69) is 31.0 Å². The number of urea groups is 1. The van der Waals surface area contributed by atoms with E-state index in [1.54, 1.807) is 29.9 Å². The third kappa shape index (κ3) is 5.55. The molecule has 0 fully saturated rings. The van der Waals surface area contributed by atoms with Gasteiger partial charge < -0.3 is 10.6 Å². The molecular formula is C30H30F2N8O2. The van der Waals surface area contributed by atoms with Crippen LogP contribution < -0.4 is 21.5 Å². The van der Waals surface area contributed by atoms with E-state index >= 15 is 0 Å². The third-order valence-corrected chi connectivity index (χ3v) is 6.67. The quantitative estimate of drug-likeness (QED) is 0.210. The monoisotopic (exact) mass is 572 g/mol. The highest BCUT2D eigenvalue weighted by molar-refractivity contribution is 6.00. The lowest BCUT2D eigenvalue weighted by atomic mass is 10.0. The van der Waals surface area contributed by atoms with Crippen molar-refractivity contribution in [2.75, 3.05) is 23.0 Å². The molecule has 12 heteroatoms. The molecule has 216 valence electrons. The van der Waals surface area contributed by atoms with Gasteiger partial charge in [-0.05, 0) is 67.8 Å². The van der Waals surface area contributed by atoms with E-state index in [0.717, 1.165) is 0 Å². The van der Waals surface area contributed by atoms with Crippen molar-refractivity contribution >= 4 is 34.5 Å². The topological polar surface area (TPSA) is 119 Å². The van der Waals surface area contributed by atoms with Crippen LogP contribution in [0, 0.1) is 11.6 Å². The molecule has 0 bridgehead atoms. The average molecular weight is 573 g/mol. The van der Waals surface area contributed by atoms with Crippen LogP contribution in [0.25, 0.3) is 27.8 Å². The number of benzene rings is 2. The van der Waals surface area contributed by atoms with Gasteiger partial charge in [-0.1, -0.05) is 19.9 Å². The minimum absolute atomic E-state index is 0.0523. The first-order valence-corrected chi connectivity index (χ1v) is 13.4. The summed E-state index contributed by atoms with van der Waals surface area (Å²) in [7, 11) is 1.69. The minimum atomic E-state index is -0.726. The third-order valence-electron chi connectivity index (χ3n) is 6.67. The van der Waals surface area contributed by atoms with Crippen LogP contribution in [0.5, 0.6) is 0 Å². The van der Waals surface area contributed by atoms with Crippen molar-refractivity contribution in [2.45, 2.75) is 39.7 Å². The average Bonchev–Trinajstić information content (AvgIpc) is 3.37. The molecule has 0 saturated heterocycles. The lowest BCUT2D eigenvalue weighted by Crippen LogP contribution is -2.25. The van der Waals surface area contributed by atoms with Crippen molar-refractivity contribution in [2.24, 2.45) is 0 Å². The predicted molar refractivity (Wildman–Crippen MR) is 159 cm³/mol. The number of amides is 2. The Labute approximate surface area is 240 Å². The standard InChI is InChI=1S/C30H30F2N8O2/c1-16(2)24-14-26(40(38-24)21-9-7-20(31)8-10-21)36-30(42)35-25-13-18(6-11-23(25)32)22-12-19-15-34-29(33-5)37-27(19)39(17(3)4)28(22)41/h6-17H,1-5H3,(H,33,34,37)(H2,35,36,42). The zero-order valence-corrected chi connectivity index (χ0v) is 23.7. The fourth-order valence-corrected chi connectivity index (χ4v) is 4.53. The molecule has 0 aliphatic rings. The summed E-state index contributed by atoms with van der Waals surface area (Å²) in [4.78, 5) is 35.4. The van der Waals surface area contributed by atoms with Crippen molar-refractivity contribution < 1.29 is 13.6 Å². The summed E-state index contributed by atoms with van der Waals surface area (Å²) in [5, 5.41) is 13.3. The fourth-order valence-electron chi connectivity index (χ4n) is 4.53. The van der Waals surface area contributed by atoms with Crippen molar-refractivity contribution in [3.05, 3.63) is 88.5 Å². The number of carbonyl (C=O) groups excluding carboxylic acids is 1. The zero-order chi connectivity index (χ0) is 30.1. The molecule has 0 spiro atoms. The van der Waals surface area contributed by atoms with Crippen molar-refractivity contribution in [3.8, 4) is 16.8 Å². The predicted octanol–water partition coefficient (Wildman–Crippen LogP) is 6.31. The van der Waals surface area contributed by atoms with Crippen LogP contribution in [0.3, 0.4) is 0 Å². The summed E-state index contributed by atoms with van der Waals surface area (Å²) in [5.74, 6) is -0.342. The van der Waals surface area contributed by atoms with Crippen molar-refractivity contribution in [3.63, 3.8) is 0 Å². The number of aromatic nitrogens is 5. The maximum absolute atomic E-state index is 14.9. The van der Waals surface area contributed by atoms with E-state index in [1.807, 2.05) is 27.7 Å². The van der Waals surface area contributed by atoms with Gasteiger partial charge in [0.15, 0.2) is 0 Å². The Bertz CT molecular complexity index is 1850. The number of carbonyl (C=O) groups is 1. The summed E-state index contributed by atoms with van der Waals surface area (Å²) < 4.78 is 31.4. The Morgan fingerprint density at radius 1 is 0.952 bits per heavy atom. The highest BCUT2D eigenvalue weighted by Gasteiger charge is 2.19. The maximum Gasteiger partial charge on any atom is 0.324 e. The summed E-state index contributed by atoms with van der Waals surface area (Å²) in [6.45, 7) is 7.64. The van der Waals surface area contributed by atoms with Gasteiger partial charge in [0.05, 0.1) is 17.1 Å². The van der Waals surface area contributed by atoms with E-state index < -0.39 is 17.7 Å². The zero-order valence-electron chi connectivity index (χ0n) is 23.7. The van der Waals surface area contributed by atoms with Crippen LogP contribution in [-0.2, 0) is 0 Å². The van der Waals surface area contributed by atoms with E-state index in [9.17, 15) is 18.4 Å². The van der Waals surface area contributed by atoms with Gasteiger partial charge in [-0.25, -0.2) is 23.2 Å². The first-order valence-electron chi connectivity index (χ1n) is 13.4.